The summed E-state index contributed by atoms with van der Waals surface area (Å²) in [6.45, 7) is 6.96. The molecule has 7 heteroatoms. The Morgan fingerprint density at radius 1 is 1.21 bits per heavy atom. The number of hydrogen-bond acceptors (Lipinski definition) is 4. The number of anilines is 1. The van der Waals surface area contributed by atoms with Crippen molar-refractivity contribution >= 4 is 34.4 Å². The first kappa shape index (κ1) is 20.6. The zero-order chi connectivity index (χ0) is 21.3. The molecule has 0 fully saturated rings. The molecule has 7 nitrogen and oxygen atoms in total. The van der Waals surface area contributed by atoms with E-state index < -0.39 is 35.7 Å². The second kappa shape index (κ2) is 7.73. The van der Waals surface area contributed by atoms with E-state index >= 15 is 0 Å². The van der Waals surface area contributed by atoms with Gasteiger partial charge in [0.25, 0.3) is 5.91 Å². The lowest BCUT2D eigenvalue weighted by Crippen LogP contribution is -2.53. The summed E-state index contributed by atoms with van der Waals surface area (Å²) in [5.41, 5.74) is 0.677. The number of alkyl carbamates (subject to hydrolysis) is 1. The number of nitrogens with zero attached hydrogens (tertiary/aromatic N) is 1. The fraction of sp³-hybridized carbons (Fsp3) is 0.409. The van der Waals surface area contributed by atoms with Crippen LogP contribution in [-0.4, -0.2) is 40.8 Å². The first-order chi connectivity index (χ1) is 13.6. The molecule has 1 heterocycles. The summed E-state index contributed by atoms with van der Waals surface area (Å²) < 4.78 is 5.25. The number of nitrogens with one attached hydrogen (secondary N) is 1. The first-order valence-corrected chi connectivity index (χ1v) is 9.67. The summed E-state index contributed by atoms with van der Waals surface area (Å²) in [7, 11) is 0. The standard InChI is InChI=1S/C22H26N2O5/c1-5-16(23-21(28)29-22(2,3)4)19(25)24-17-11-14-9-7-6-8-13(14)10-15(17)12-18(24)20(26)27/h6-11,16,18H,5,12H2,1-4H3,(H,23,28)(H,26,27)/t16-,18-/m0/s1. The van der Waals surface area contributed by atoms with Crippen molar-refractivity contribution in [3.8, 4) is 0 Å². The van der Waals surface area contributed by atoms with Crippen LogP contribution in [0.5, 0.6) is 0 Å². The Hall–Kier alpha value is -3.09. The van der Waals surface area contributed by atoms with Crippen LogP contribution in [0.25, 0.3) is 10.8 Å². The number of carbonyl (C=O) groups excluding carboxylic acids is 2. The van der Waals surface area contributed by atoms with Gasteiger partial charge in [-0.2, -0.15) is 0 Å². The van der Waals surface area contributed by atoms with E-state index in [1.54, 1.807) is 27.7 Å². The maximum absolute atomic E-state index is 13.3. The summed E-state index contributed by atoms with van der Waals surface area (Å²) in [6, 6.07) is 9.55. The van der Waals surface area contributed by atoms with Gasteiger partial charge in [-0.15, -0.1) is 0 Å². The van der Waals surface area contributed by atoms with E-state index in [-0.39, 0.29) is 6.42 Å². The maximum atomic E-state index is 13.3. The van der Waals surface area contributed by atoms with E-state index in [9.17, 15) is 19.5 Å². The second-order valence-electron chi connectivity index (χ2n) is 8.20. The Morgan fingerprint density at radius 3 is 2.38 bits per heavy atom. The molecule has 2 N–H and O–H groups in total. The summed E-state index contributed by atoms with van der Waals surface area (Å²) in [6.07, 6.45) is -0.170. The molecule has 0 saturated carbocycles. The van der Waals surface area contributed by atoms with Crippen LogP contribution in [0, 0.1) is 0 Å². The lowest BCUT2D eigenvalue weighted by molar-refractivity contribution is -0.140. The highest BCUT2D eigenvalue weighted by Crippen LogP contribution is 2.36. The smallest absolute Gasteiger partial charge is 0.408 e. The van der Waals surface area contributed by atoms with Crippen LogP contribution in [0.4, 0.5) is 10.5 Å². The largest absolute Gasteiger partial charge is 0.480 e. The van der Waals surface area contributed by atoms with E-state index in [4.69, 9.17) is 4.74 Å². The molecule has 2 aromatic rings. The predicted octanol–water partition coefficient (Wildman–Crippen LogP) is 3.49. The van der Waals surface area contributed by atoms with Gasteiger partial charge < -0.3 is 15.2 Å². The number of carboxylic acid groups (broad SMARTS) is 1. The van der Waals surface area contributed by atoms with Crippen LogP contribution in [0.2, 0.25) is 0 Å². The van der Waals surface area contributed by atoms with E-state index in [0.29, 0.717) is 12.1 Å². The minimum atomic E-state index is -1.08. The molecule has 0 aliphatic carbocycles. The van der Waals surface area contributed by atoms with Crippen LogP contribution in [0.1, 0.15) is 39.7 Å². The van der Waals surface area contributed by atoms with Crippen LogP contribution >= 0.6 is 0 Å². The molecule has 2 amide bonds. The Bertz CT molecular complexity index is 963. The van der Waals surface area contributed by atoms with Crippen molar-refractivity contribution in [1.29, 1.82) is 0 Å². The third-order valence-electron chi connectivity index (χ3n) is 4.85. The van der Waals surface area contributed by atoms with Gasteiger partial charge >= 0.3 is 12.1 Å². The summed E-state index contributed by atoms with van der Waals surface area (Å²) >= 11 is 0. The van der Waals surface area contributed by atoms with Gasteiger partial charge in [0.1, 0.15) is 17.7 Å². The van der Waals surface area contributed by atoms with Gasteiger partial charge in [-0.1, -0.05) is 31.2 Å². The molecule has 0 radical (unpaired) electrons. The molecule has 0 unspecified atom stereocenters. The van der Waals surface area contributed by atoms with Gasteiger partial charge in [0.15, 0.2) is 0 Å². The molecule has 1 aliphatic rings. The Labute approximate surface area is 169 Å². The van der Waals surface area contributed by atoms with Crippen LogP contribution < -0.4 is 10.2 Å². The van der Waals surface area contributed by atoms with E-state index in [1.807, 2.05) is 36.4 Å². The van der Waals surface area contributed by atoms with Crippen LogP contribution in [0.3, 0.4) is 0 Å². The van der Waals surface area contributed by atoms with Crippen molar-refractivity contribution in [3.05, 3.63) is 42.0 Å². The third-order valence-corrected chi connectivity index (χ3v) is 4.85. The van der Waals surface area contributed by atoms with Crippen molar-refractivity contribution in [2.45, 2.75) is 58.2 Å². The molecule has 29 heavy (non-hydrogen) atoms. The van der Waals surface area contributed by atoms with Gasteiger partial charge in [0.2, 0.25) is 0 Å². The van der Waals surface area contributed by atoms with Crippen LogP contribution in [-0.2, 0) is 20.7 Å². The number of fused-ring (bicyclic) bond motifs is 2. The highest BCUT2D eigenvalue weighted by Gasteiger charge is 2.41. The first-order valence-electron chi connectivity index (χ1n) is 9.67. The summed E-state index contributed by atoms with van der Waals surface area (Å²) in [5, 5.41) is 14.2. The van der Waals surface area contributed by atoms with Crippen molar-refractivity contribution in [2.75, 3.05) is 4.90 Å². The van der Waals surface area contributed by atoms with Gasteiger partial charge in [-0.25, -0.2) is 9.59 Å². The molecular formula is C22H26N2O5. The number of ether oxygens (including phenoxy) is 1. The highest BCUT2D eigenvalue weighted by molar-refractivity contribution is 6.07. The molecular weight excluding hydrogens is 372 g/mol. The van der Waals surface area contributed by atoms with Gasteiger partial charge in [0, 0.05) is 12.1 Å². The number of benzene rings is 2. The number of rotatable bonds is 4. The number of amides is 2. The minimum absolute atomic E-state index is 0.226. The van der Waals surface area contributed by atoms with E-state index in [1.165, 1.54) is 4.90 Å². The molecule has 2 aromatic carbocycles. The zero-order valence-electron chi connectivity index (χ0n) is 17.1. The lowest BCUT2D eigenvalue weighted by Gasteiger charge is -2.28. The quantitative estimate of drug-likeness (QED) is 0.822. The van der Waals surface area contributed by atoms with Crippen molar-refractivity contribution in [1.82, 2.24) is 5.32 Å². The minimum Gasteiger partial charge on any atom is -0.480 e. The number of hydrogen-bond donors (Lipinski definition) is 2. The Morgan fingerprint density at radius 2 is 1.83 bits per heavy atom. The highest BCUT2D eigenvalue weighted by atomic mass is 16.6. The summed E-state index contributed by atoms with van der Waals surface area (Å²) in [4.78, 5) is 38.6. The van der Waals surface area contributed by atoms with Crippen LogP contribution in [0.15, 0.2) is 36.4 Å². The average molecular weight is 398 g/mol. The normalized spacial score (nSPS) is 17.0. The molecule has 0 bridgehead atoms. The fourth-order valence-corrected chi connectivity index (χ4v) is 3.56. The van der Waals surface area contributed by atoms with E-state index in [2.05, 4.69) is 5.32 Å². The zero-order valence-corrected chi connectivity index (χ0v) is 17.1. The molecule has 2 atom stereocenters. The van der Waals surface area contributed by atoms with Crippen molar-refractivity contribution in [3.63, 3.8) is 0 Å². The van der Waals surface area contributed by atoms with Gasteiger partial charge in [-0.3, -0.25) is 9.69 Å². The lowest BCUT2D eigenvalue weighted by atomic mass is 10.0. The molecule has 0 spiro atoms. The monoisotopic (exact) mass is 398 g/mol. The Kier molecular flexibility index (Phi) is 5.50. The van der Waals surface area contributed by atoms with E-state index in [0.717, 1.165) is 16.3 Å². The number of carboxylic acids is 1. The van der Waals surface area contributed by atoms with Crippen molar-refractivity contribution < 1.29 is 24.2 Å². The third kappa shape index (κ3) is 4.34. The molecule has 154 valence electrons. The SMILES string of the molecule is CC[C@H](NC(=O)OC(C)(C)C)C(=O)N1c2cc3ccccc3cc2C[C@H]1C(=O)O. The Balaban J connectivity index is 1.94. The van der Waals surface area contributed by atoms with Crippen molar-refractivity contribution in [2.24, 2.45) is 0 Å². The molecule has 0 saturated heterocycles. The molecule has 3 rings (SSSR count). The average Bonchev–Trinajstić information content (AvgIpc) is 3.00. The molecule has 1 aliphatic heterocycles. The topological polar surface area (TPSA) is 95.9 Å². The molecule has 0 aromatic heterocycles. The predicted molar refractivity (Wildman–Crippen MR) is 110 cm³/mol. The second-order valence-corrected chi connectivity index (χ2v) is 8.20. The fourth-order valence-electron chi connectivity index (χ4n) is 3.56. The van der Waals surface area contributed by atoms with Gasteiger partial charge in [0.05, 0.1) is 0 Å². The summed E-state index contributed by atoms with van der Waals surface area (Å²) in [5.74, 6) is -1.54. The maximum Gasteiger partial charge on any atom is 0.408 e. The number of aliphatic carboxylic acids is 1. The van der Waals surface area contributed by atoms with Gasteiger partial charge in [-0.05, 0) is 55.7 Å². The number of carbonyl (C=O) groups is 3.